The molecule has 2 aliphatic rings. The number of ether oxygens (including phenoxy) is 8. The molecule has 2 heterocycles. The molecule has 54 heavy (non-hydrogen) atoms. The van der Waals surface area contributed by atoms with Gasteiger partial charge >= 0.3 is 0 Å². The molecule has 0 amide bonds. The van der Waals surface area contributed by atoms with Crippen LogP contribution in [0.5, 0.6) is 46.0 Å². The highest BCUT2D eigenvalue weighted by Gasteiger charge is 2.26. The number of fused-ring (bicyclic) bond motifs is 2. The van der Waals surface area contributed by atoms with Crippen LogP contribution in [0.3, 0.4) is 0 Å². The van der Waals surface area contributed by atoms with Crippen molar-refractivity contribution in [1.29, 1.82) is 0 Å². The molecule has 10 heteroatoms. The van der Waals surface area contributed by atoms with Crippen LogP contribution < -0.4 is 48.5 Å². The van der Waals surface area contributed by atoms with Gasteiger partial charge in [-0.25, -0.2) is 0 Å². The van der Waals surface area contributed by atoms with Crippen molar-refractivity contribution in [1.82, 2.24) is 10.6 Å². The van der Waals surface area contributed by atoms with Crippen LogP contribution in [0.1, 0.15) is 69.4 Å². The van der Waals surface area contributed by atoms with E-state index in [4.69, 9.17) is 37.9 Å². The maximum absolute atomic E-state index is 5.78. The summed E-state index contributed by atoms with van der Waals surface area (Å²) in [7, 11) is 13.5. The molecule has 0 saturated heterocycles. The SMILES string of the molecule is COc1cc(CCCCc2cc(OC)c(OC)cc2CC2NCCc3cc(OC)c(OC)cc32)c(CC2NCCc3cc(OC)c(OC)cc32)cc1OC. The van der Waals surface area contributed by atoms with Gasteiger partial charge in [0.2, 0.25) is 0 Å². The van der Waals surface area contributed by atoms with Crippen LogP contribution >= 0.6 is 0 Å². The van der Waals surface area contributed by atoms with Gasteiger partial charge in [-0.3, -0.25) is 0 Å². The van der Waals surface area contributed by atoms with E-state index in [-0.39, 0.29) is 12.1 Å². The summed E-state index contributed by atoms with van der Waals surface area (Å²) >= 11 is 0. The Kier molecular flexibility index (Phi) is 13.0. The molecule has 2 atom stereocenters. The summed E-state index contributed by atoms with van der Waals surface area (Å²) in [5, 5.41) is 7.53. The van der Waals surface area contributed by atoms with Crippen molar-refractivity contribution in [2.24, 2.45) is 0 Å². The third kappa shape index (κ3) is 8.30. The van der Waals surface area contributed by atoms with Gasteiger partial charge in [0.15, 0.2) is 46.0 Å². The van der Waals surface area contributed by atoms with Crippen LogP contribution in [-0.4, -0.2) is 70.0 Å². The highest BCUT2D eigenvalue weighted by atomic mass is 16.5. The third-order valence-corrected chi connectivity index (χ3v) is 11.0. The highest BCUT2D eigenvalue weighted by Crippen LogP contribution is 2.41. The lowest BCUT2D eigenvalue weighted by atomic mass is 9.87. The van der Waals surface area contributed by atoms with Crippen LogP contribution in [0.2, 0.25) is 0 Å². The Morgan fingerprint density at radius 2 is 0.704 bits per heavy atom. The lowest BCUT2D eigenvalue weighted by Gasteiger charge is -2.29. The number of aryl methyl sites for hydroxylation is 2. The molecule has 4 aromatic rings. The van der Waals surface area contributed by atoms with Gasteiger partial charge < -0.3 is 48.5 Å². The molecule has 2 aliphatic heterocycles. The summed E-state index contributed by atoms with van der Waals surface area (Å²) in [6, 6.07) is 17.4. The van der Waals surface area contributed by atoms with Crippen LogP contribution in [0.4, 0.5) is 0 Å². The van der Waals surface area contributed by atoms with Crippen LogP contribution in [0.15, 0.2) is 48.5 Å². The van der Waals surface area contributed by atoms with E-state index in [0.29, 0.717) is 0 Å². The first-order valence-electron chi connectivity index (χ1n) is 18.8. The molecule has 0 radical (unpaired) electrons. The Labute approximate surface area is 320 Å². The van der Waals surface area contributed by atoms with E-state index >= 15 is 0 Å². The number of hydrogen-bond acceptors (Lipinski definition) is 10. The number of nitrogens with one attached hydrogen (secondary N) is 2. The molecule has 290 valence electrons. The molecule has 2 unspecified atom stereocenters. The van der Waals surface area contributed by atoms with Gasteiger partial charge in [0, 0.05) is 12.1 Å². The average Bonchev–Trinajstić information content (AvgIpc) is 3.21. The van der Waals surface area contributed by atoms with Gasteiger partial charge in [0.05, 0.1) is 56.9 Å². The molecule has 6 rings (SSSR count). The predicted octanol–water partition coefficient (Wildman–Crippen LogP) is 7.18. The van der Waals surface area contributed by atoms with Crippen LogP contribution in [-0.2, 0) is 38.5 Å². The van der Waals surface area contributed by atoms with Gasteiger partial charge in [0.1, 0.15) is 0 Å². The maximum Gasteiger partial charge on any atom is 0.161 e. The number of methoxy groups -OCH3 is 8. The van der Waals surface area contributed by atoms with Crippen molar-refractivity contribution in [2.45, 2.75) is 63.5 Å². The van der Waals surface area contributed by atoms with Gasteiger partial charge in [-0.15, -0.1) is 0 Å². The highest BCUT2D eigenvalue weighted by molar-refractivity contribution is 5.53. The summed E-state index contributed by atoms with van der Waals surface area (Å²) < 4.78 is 45.7. The number of benzene rings is 4. The second-order valence-corrected chi connectivity index (χ2v) is 13.9. The molecule has 10 nitrogen and oxygen atoms in total. The van der Waals surface area contributed by atoms with E-state index in [1.807, 2.05) is 0 Å². The molecule has 0 spiro atoms. The molecule has 4 aromatic carbocycles. The molecular weight excluding hydrogens is 684 g/mol. The predicted molar refractivity (Wildman–Crippen MR) is 211 cm³/mol. The van der Waals surface area contributed by atoms with Crippen molar-refractivity contribution in [3.8, 4) is 46.0 Å². The van der Waals surface area contributed by atoms with E-state index in [1.165, 1.54) is 44.5 Å². The van der Waals surface area contributed by atoms with Crippen molar-refractivity contribution in [3.63, 3.8) is 0 Å². The standard InChI is InChI=1S/C44H56N2O8/c1-47-37-19-27(31(23-41(37)51-5)17-35-33-25-43(53-7)39(49-3)21-29(33)13-15-45-35)11-9-10-12-28-20-38(48-2)42(52-6)24-32(28)18-36-34-26-44(54-8)40(50-4)22-30(34)14-16-46-36/h19-26,35-36,45-46H,9-18H2,1-8H3. The molecule has 0 fully saturated rings. The summed E-state index contributed by atoms with van der Waals surface area (Å²) in [5.41, 5.74) is 10.1. The summed E-state index contributed by atoms with van der Waals surface area (Å²) in [5.74, 6) is 6.00. The summed E-state index contributed by atoms with van der Waals surface area (Å²) in [6.45, 7) is 1.79. The maximum atomic E-state index is 5.78. The second kappa shape index (κ2) is 18.0. The smallest absolute Gasteiger partial charge is 0.161 e. The van der Waals surface area contributed by atoms with Crippen molar-refractivity contribution >= 4 is 0 Å². The first-order valence-corrected chi connectivity index (χ1v) is 18.8. The minimum Gasteiger partial charge on any atom is -0.493 e. The Hall–Kier alpha value is -4.80. The quantitative estimate of drug-likeness (QED) is 0.108. The monoisotopic (exact) mass is 740 g/mol. The summed E-state index contributed by atoms with van der Waals surface area (Å²) in [4.78, 5) is 0. The third-order valence-electron chi connectivity index (χ3n) is 11.0. The van der Waals surface area contributed by atoms with Gasteiger partial charge in [0.25, 0.3) is 0 Å². The zero-order valence-corrected chi connectivity index (χ0v) is 33.1. The lowest BCUT2D eigenvalue weighted by molar-refractivity contribution is 0.351. The second-order valence-electron chi connectivity index (χ2n) is 13.9. The van der Waals surface area contributed by atoms with E-state index in [2.05, 4.69) is 59.2 Å². The Morgan fingerprint density at radius 3 is 1.04 bits per heavy atom. The molecule has 0 bridgehead atoms. The zero-order valence-electron chi connectivity index (χ0n) is 33.1. The minimum atomic E-state index is 0.124. The van der Waals surface area contributed by atoms with Crippen molar-refractivity contribution < 1.29 is 37.9 Å². The normalized spacial score (nSPS) is 16.1. The van der Waals surface area contributed by atoms with Gasteiger partial charge in [-0.2, -0.15) is 0 Å². The molecule has 0 saturated carbocycles. The van der Waals surface area contributed by atoms with E-state index in [0.717, 1.165) is 110 Å². The van der Waals surface area contributed by atoms with Crippen LogP contribution in [0.25, 0.3) is 0 Å². The number of rotatable bonds is 17. The molecular formula is C44H56N2O8. The van der Waals surface area contributed by atoms with Crippen molar-refractivity contribution in [2.75, 3.05) is 70.0 Å². The van der Waals surface area contributed by atoms with E-state index < -0.39 is 0 Å². The Balaban J connectivity index is 1.23. The number of hydrogen-bond donors (Lipinski definition) is 2. The molecule has 0 aliphatic carbocycles. The van der Waals surface area contributed by atoms with Gasteiger partial charge in [-0.05, 0) is 157 Å². The van der Waals surface area contributed by atoms with E-state index in [1.54, 1.807) is 56.9 Å². The fourth-order valence-corrected chi connectivity index (χ4v) is 8.14. The van der Waals surface area contributed by atoms with Crippen molar-refractivity contribution in [3.05, 3.63) is 93.0 Å². The van der Waals surface area contributed by atoms with Gasteiger partial charge in [-0.1, -0.05) is 0 Å². The average molecular weight is 741 g/mol. The fraction of sp³-hybridized carbons (Fsp3) is 0.455. The van der Waals surface area contributed by atoms with Crippen LogP contribution in [0, 0.1) is 0 Å². The largest absolute Gasteiger partial charge is 0.493 e. The topological polar surface area (TPSA) is 97.9 Å². The first-order chi connectivity index (χ1) is 26.4. The first kappa shape index (κ1) is 38.9. The zero-order chi connectivity index (χ0) is 38.2. The van der Waals surface area contributed by atoms with E-state index in [9.17, 15) is 0 Å². The summed E-state index contributed by atoms with van der Waals surface area (Å²) in [6.07, 6.45) is 7.31. The Bertz CT molecular complexity index is 1770. The Morgan fingerprint density at radius 1 is 0.407 bits per heavy atom. The number of unbranched alkanes of at least 4 members (excludes halogenated alkanes) is 1. The minimum absolute atomic E-state index is 0.124. The molecule has 2 N–H and O–H groups in total. The lowest BCUT2D eigenvalue weighted by Crippen LogP contribution is -2.31. The molecule has 0 aromatic heterocycles. The fourth-order valence-electron chi connectivity index (χ4n) is 8.14.